The minimum atomic E-state index is -0.0335. The SMILES string of the molecule is CC[C@]12CN3CC[C@H]1C[C@@H]3[C@H](c1ccnc3ccc(C(=O)N(C)c4ccccc4)cc13)O2. The fourth-order valence-corrected chi connectivity index (χ4v) is 6.24. The third-order valence-electron chi connectivity index (χ3n) is 8.06. The molecule has 5 saturated heterocycles. The number of nitrogens with zero attached hydrogens (tertiary/aromatic N) is 3. The lowest BCUT2D eigenvalue weighted by molar-refractivity contribution is -0.274. The molecule has 5 nitrogen and oxygen atoms in total. The van der Waals surface area contributed by atoms with Crippen LogP contribution in [0.15, 0.2) is 60.8 Å². The number of hydrogen-bond donors (Lipinski definition) is 0. The Bertz CT molecular complexity index is 1180. The molecule has 3 aromatic rings. The summed E-state index contributed by atoms with van der Waals surface area (Å²) in [6.07, 6.45) is 5.41. The molecule has 5 aliphatic rings. The average molecular weight is 428 g/mol. The maximum Gasteiger partial charge on any atom is 0.258 e. The Hall–Kier alpha value is -2.76. The lowest BCUT2D eigenvalue weighted by atomic mass is 9.66. The summed E-state index contributed by atoms with van der Waals surface area (Å²) in [4.78, 5) is 22.2. The molecule has 1 unspecified atom stereocenters. The summed E-state index contributed by atoms with van der Waals surface area (Å²) in [5.41, 5.74) is 3.60. The van der Waals surface area contributed by atoms with Gasteiger partial charge in [-0.25, -0.2) is 0 Å². The summed E-state index contributed by atoms with van der Waals surface area (Å²) in [6.45, 7) is 4.50. The van der Waals surface area contributed by atoms with Gasteiger partial charge < -0.3 is 9.64 Å². The lowest BCUT2D eigenvalue weighted by Gasteiger charge is -2.64. The highest BCUT2D eigenvalue weighted by molar-refractivity contribution is 6.07. The highest BCUT2D eigenvalue weighted by Gasteiger charge is 2.58. The molecule has 32 heavy (non-hydrogen) atoms. The molecule has 6 heterocycles. The molecule has 1 amide bonds. The molecule has 8 rings (SSSR count). The van der Waals surface area contributed by atoms with E-state index in [0.717, 1.165) is 29.6 Å². The first-order valence-electron chi connectivity index (χ1n) is 11.7. The maximum absolute atomic E-state index is 13.3. The van der Waals surface area contributed by atoms with Crippen LogP contribution in [0, 0.1) is 5.92 Å². The largest absolute Gasteiger partial charge is 0.364 e. The van der Waals surface area contributed by atoms with Crippen molar-refractivity contribution in [3.05, 3.63) is 71.9 Å². The molecule has 1 aromatic heterocycles. The molecule has 164 valence electrons. The van der Waals surface area contributed by atoms with Crippen molar-refractivity contribution in [2.45, 2.75) is 43.9 Å². The Morgan fingerprint density at radius 1 is 1.22 bits per heavy atom. The minimum absolute atomic E-state index is 0.0215. The number of benzene rings is 2. The van der Waals surface area contributed by atoms with Crippen molar-refractivity contribution in [3.63, 3.8) is 0 Å². The first-order valence-corrected chi connectivity index (χ1v) is 11.7. The van der Waals surface area contributed by atoms with Gasteiger partial charge in [0.1, 0.15) is 0 Å². The van der Waals surface area contributed by atoms with E-state index in [9.17, 15) is 4.79 Å². The van der Waals surface area contributed by atoms with Crippen molar-refractivity contribution in [1.82, 2.24) is 9.88 Å². The van der Waals surface area contributed by atoms with E-state index in [2.05, 4.69) is 22.9 Å². The topological polar surface area (TPSA) is 45.7 Å². The van der Waals surface area contributed by atoms with Crippen LogP contribution in [0.2, 0.25) is 0 Å². The van der Waals surface area contributed by atoms with Gasteiger partial charge >= 0.3 is 0 Å². The molecule has 0 spiro atoms. The number of carbonyl (C=O) groups excluding carboxylic acids is 1. The molecular weight excluding hydrogens is 398 g/mol. The van der Waals surface area contributed by atoms with E-state index in [1.54, 1.807) is 4.90 Å². The third-order valence-corrected chi connectivity index (χ3v) is 8.06. The van der Waals surface area contributed by atoms with Crippen molar-refractivity contribution in [3.8, 4) is 0 Å². The van der Waals surface area contributed by atoms with E-state index in [1.807, 2.05) is 61.8 Å². The van der Waals surface area contributed by atoms with Crippen LogP contribution in [-0.4, -0.2) is 47.6 Å². The molecule has 5 atom stereocenters. The average Bonchev–Trinajstić information content (AvgIpc) is 2.87. The highest BCUT2D eigenvalue weighted by atomic mass is 16.5. The van der Waals surface area contributed by atoms with Gasteiger partial charge in [-0.3, -0.25) is 14.7 Å². The van der Waals surface area contributed by atoms with E-state index in [1.165, 1.54) is 24.9 Å². The van der Waals surface area contributed by atoms with Gasteiger partial charge in [0.15, 0.2) is 0 Å². The zero-order valence-corrected chi connectivity index (χ0v) is 18.7. The zero-order chi connectivity index (χ0) is 21.9. The van der Waals surface area contributed by atoms with E-state index < -0.39 is 0 Å². The number of para-hydroxylation sites is 1. The van der Waals surface area contributed by atoms with Gasteiger partial charge in [-0.1, -0.05) is 25.1 Å². The number of hydrogen-bond acceptors (Lipinski definition) is 4. The monoisotopic (exact) mass is 427 g/mol. The van der Waals surface area contributed by atoms with Crippen LogP contribution in [-0.2, 0) is 4.74 Å². The highest BCUT2D eigenvalue weighted by Crippen LogP contribution is 2.54. The Balaban J connectivity index is 1.39. The zero-order valence-electron chi connectivity index (χ0n) is 18.7. The predicted octanol–water partition coefficient (Wildman–Crippen LogP) is 4.83. The van der Waals surface area contributed by atoms with Gasteiger partial charge in [-0.05, 0) is 73.7 Å². The van der Waals surface area contributed by atoms with Crippen LogP contribution in [0.3, 0.4) is 0 Å². The summed E-state index contributed by atoms with van der Waals surface area (Å²) in [7, 11) is 1.82. The first-order chi connectivity index (χ1) is 15.6. The Kier molecular flexibility index (Phi) is 4.60. The Labute approximate surface area is 189 Å². The lowest BCUT2D eigenvalue weighted by Crippen LogP contribution is -2.70. The third kappa shape index (κ3) is 2.91. The van der Waals surface area contributed by atoms with E-state index in [-0.39, 0.29) is 17.6 Å². The van der Waals surface area contributed by atoms with Crippen LogP contribution >= 0.6 is 0 Å². The normalized spacial score (nSPS) is 30.6. The number of morpholine rings is 1. The second-order valence-corrected chi connectivity index (χ2v) is 9.55. The second-order valence-electron chi connectivity index (χ2n) is 9.55. The maximum atomic E-state index is 13.3. The Morgan fingerprint density at radius 2 is 2.06 bits per heavy atom. The number of carbonyl (C=O) groups is 1. The summed E-state index contributed by atoms with van der Waals surface area (Å²) in [5, 5.41) is 1.03. The van der Waals surface area contributed by atoms with Gasteiger partial charge in [0.2, 0.25) is 0 Å². The van der Waals surface area contributed by atoms with Crippen LogP contribution in [0.5, 0.6) is 0 Å². The summed E-state index contributed by atoms with van der Waals surface area (Å²) >= 11 is 0. The van der Waals surface area contributed by atoms with Crippen LogP contribution in [0.1, 0.15) is 48.2 Å². The number of anilines is 1. The number of piperidine rings is 3. The molecule has 0 radical (unpaired) electrons. The number of rotatable bonds is 4. The molecule has 2 aromatic carbocycles. The number of amides is 1. The molecule has 5 aliphatic heterocycles. The standard InChI is InChI=1S/C27H29N3O2/c1-3-27-17-30-14-12-19(27)16-24(30)25(32-27)21-11-13-28-23-10-9-18(15-22(21)23)26(31)29(2)20-7-5-4-6-8-20/h4-11,13,15,19,24-25H,3,12,14,16-17H2,1-2H3/t19-,24+,25-,27-/m0/s1. The Morgan fingerprint density at radius 3 is 2.81 bits per heavy atom. The molecule has 5 heteroatoms. The van der Waals surface area contributed by atoms with Gasteiger partial charge in [-0.2, -0.15) is 0 Å². The molecule has 0 saturated carbocycles. The molecule has 0 aliphatic carbocycles. The fourth-order valence-electron chi connectivity index (χ4n) is 6.24. The fraction of sp³-hybridized carbons (Fsp3) is 0.407. The van der Waals surface area contributed by atoms with Gasteiger partial charge in [0.25, 0.3) is 5.91 Å². The van der Waals surface area contributed by atoms with Crippen molar-refractivity contribution in [1.29, 1.82) is 0 Å². The van der Waals surface area contributed by atoms with E-state index in [4.69, 9.17) is 4.74 Å². The van der Waals surface area contributed by atoms with Crippen LogP contribution < -0.4 is 4.90 Å². The number of pyridine rings is 1. The van der Waals surface area contributed by atoms with Gasteiger partial charge in [-0.15, -0.1) is 0 Å². The number of ether oxygens (including phenoxy) is 1. The van der Waals surface area contributed by atoms with Crippen molar-refractivity contribution >= 4 is 22.5 Å². The smallest absolute Gasteiger partial charge is 0.258 e. The molecule has 4 bridgehead atoms. The van der Waals surface area contributed by atoms with Gasteiger partial charge in [0.05, 0.1) is 17.2 Å². The number of aromatic nitrogens is 1. The van der Waals surface area contributed by atoms with Gasteiger partial charge in [0, 0.05) is 42.5 Å². The minimum Gasteiger partial charge on any atom is -0.364 e. The van der Waals surface area contributed by atoms with Crippen molar-refractivity contribution in [2.24, 2.45) is 5.92 Å². The quantitative estimate of drug-likeness (QED) is 0.599. The molecule has 0 N–H and O–H groups in total. The van der Waals surface area contributed by atoms with Crippen LogP contribution in [0.25, 0.3) is 10.9 Å². The summed E-state index contributed by atoms with van der Waals surface area (Å²) < 4.78 is 6.90. The summed E-state index contributed by atoms with van der Waals surface area (Å²) in [5.74, 6) is 0.648. The molecular formula is C27H29N3O2. The van der Waals surface area contributed by atoms with Crippen molar-refractivity contribution in [2.75, 3.05) is 25.0 Å². The summed E-state index contributed by atoms with van der Waals surface area (Å²) in [6, 6.07) is 18.1. The molecule has 5 fully saturated rings. The first kappa shape index (κ1) is 19.9. The number of fused-ring (bicyclic) bond motifs is 3. The second kappa shape index (κ2) is 7.39. The predicted molar refractivity (Wildman–Crippen MR) is 126 cm³/mol. The van der Waals surface area contributed by atoms with E-state index in [0.29, 0.717) is 17.5 Å². The van der Waals surface area contributed by atoms with E-state index >= 15 is 0 Å². The van der Waals surface area contributed by atoms with Crippen LogP contribution in [0.4, 0.5) is 5.69 Å². The van der Waals surface area contributed by atoms with Crippen molar-refractivity contribution < 1.29 is 9.53 Å².